The third-order valence-corrected chi connectivity index (χ3v) is 5.71. The molecule has 0 aliphatic carbocycles. The smallest absolute Gasteiger partial charge is 0.255 e. The zero-order valence-electron chi connectivity index (χ0n) is 18.7. The molecule has 1 N–H and O–H groups in total. The molecule has 0 aromatic heterocycles. The Labute approximate surface area is 189 Å². The van der Waals surface area contributed by atoms with Gasteiger partial charge < -0.3 is 14.8 Å². The molecule has 0 bridgehead atoms. The number of benzene rings is 3. The normalized spacial score (nSPS) is 11.1. The number of amides is 1. The van der Waals surface area contributed by atoms with Crippen LogP contribution in [-0.4, -0.2) is 19.3 Å². The van der Waals surface area contributed by atoms with Gasteiger partial charge in [-0.2, -0.15) is 0 Å². The lowest BCUT2D eigenvalue weighted by Gasteiger charge is -2.19. The lowest BCUT2D eigenvalue weighted by molar-refractivity contribution is 0.102. The molecule has 0 heterocycles. The Morgan fingerprint density at radius 3 is 2.39 bits per heavy atom. The lowest BCUT2D eigenvalue weighted by Crippen LogP contribution is -2.13. The maximum Gasteiger partial charge on any atom is 0.255 e. The van der Waals surface area contributed by atoms with Crippen LogP contribution in [-0.2, 0) is 12.0 Å². The molecule has 0 saturated carbocycles. The van der Waals surface area contributed by atoms with Gasteiger partial charge in [0.25, 0.3) is 5.91 Å². The molecule has 0 spiro atoms. The van der Waals surface area contributed by atoms with Crippen LogP contribution >= 0.6 is 11.8 Å². The van der Waals surface area contributed by atoms with E-state index in [4.69, 9.17) is 9.47 Å². The highest BCUT2D eigenvalue weighted by Gasteiger charge is 2.14. The molecular weight excluding hydrogens is 406 g/mol. The largest absolute Gasteiger partial charge is 0.496 e. The van der Waals surface area contributed by atoms with E-state index >= 15 is 0 Å². The Morgan fingerprint density at radius 1 is 1.00 bits per heavy atom. The monoisotopic (exact) mass is 435 g/mol. The van der Waals surface area contributed by atoms with Crippen molar-refractivity contribution in [3.8, 4) is 11.5 Å². The highest BCUT2D eigenvalue weighted by Crippen LogP contribution is 2.27. The van der Waals surface area contributed by atoms with Crippen LogP contribution in [0.1, 0.15) is 42.3 Å². The van der Waals surface area contributed by atoms with Crippen LogP contribution in [0.3, 0.4) is 0 Å². The molecular formula is C26H29NO3S. The van der Waals surface area contributed by atoms with Gasteiger partial charge in [-0.3, -0.25) is 4.79 Å². The van der Waals surface area contributed by atoms with Crippen LogP contribution in [0.5, 0.6) is 11.5 Å². The van der Waals surface area contributed by atoms with Crippen LogP contribution in [0.4, 0.5) is 5.69 Å². The van der Waals surface area contributed by atoms with Crippen molar-refractivity contribution < 1.29 is 14.3 Å². The van der Waals surface area contributed by atoms with Gasteiger partial charge in [0.15, 0.2) is 0 Å². The topological polar surface area (TPSA) is 47.6 Å². The molecule has 31 heavy (non-hydrogen) atoms. The maximum absolute atomic E-state index is 12.8. The maximum atomic E-state index is 12.8. The van der Waals surface area contributed by atoms with Crippen molar-refractivity contribution in [2.45, 2.75) is 37.7 Å². The van der Waals surface area contributed by atoms with E-state index in [1.807, 2.05) is 48.7 Å². The average molecular weight is 436 g/mol. The van der Waals surface area contributed by atoms with Gasteiger partial charge in [-0.15, -0.1) is 11.8 Å². The van der Waals surface area contributed by atoms with Crippen molar-refractivity contribution in [3.05, 3.63) is 83.4 Å². The zero-order chi connectivity index (χ0) is 22.4. The standard InChI is InChI=1S/C26H29NO3S/c1-26(2,3)20-10-12-22(13-11-20)30-17-19-15-18(9-14-24(19)29-4)25(28)27-21-7-6-8-23(16-21)31-5/h6-16H,17H2,1-5H3,(H,27,28). The fraction of sp³-hybridized carbons (Fsp3) is 0.269. The van der Waals surface area contributed by atoms with E-state index in [2.05, 4.69) is 38.2 Å². The number of anilines is 1. The molecule has 0 atom stereocenters. The van der Waals surface area contributed by atoms with Gasteiger partial charge in [0.1, 0.15) is 18.1 Å². The summed E-state index contributed by atoms with van der Waals surface area (Å²) in [6.45, 7) is 6.85. The summed E-state index contributed by atoms with van der Waals surface area (Å²) in [6, 6.07) is 21.3. The molecule has 3 aromatic carbocycles. The van der Waals surface area contributed by atoms with Crippen molar-refractivity contribution in [1.82, 2.24) is 0 Å². The molecule has 0 saturated heterocycles. The highest BCUT2D eigenvalue weighted by molar-refractivity contribution is 7.98. The predicted octanol–water partition coefficient (Wildman–Crippen LogP) is 6.55. The van der Waals surface area contributed by atoms with Crippen molar-refractivity contribution in [3.63, 3.8) is 0 Å². The van der Waals surface area contributed by atoms with Gasteiger partial charge >= 0.3 is 0 Å². The molecule has 162 valence electrons. The van der Waals surface area contributed by atoms with Crippen LogP contribution in [0.25, 0.3) is 0 Å². The highest BCUT2D eigenvalue weighted by atomic mass is 32.2. The van der Waals surface area contributed by atoms with E-state index in [-0.39, 0.29) is 11.3 Å². The number of nitrogens with one attached hydrogen (secondary N) is 1. The molecule has 5 heteroatoms. The molecule has 1 amide bonds. The summed E-state index contributed by atoms with van der Waals surface area (Å²) in [6.07, 6.45) is 2.01. The first-order chi connectivity index (χ1) is 14.8. The molecule has 0 fully saturated rings. The van der Waals surface area contributed by atoms with Crippen molar-refractivity contribution in [2.24, 2.45) is 0 Å². The quantitative estimate of drug-likeness (QED) is 0.428. The molecule has 3 rings (SSSR count). The van der Waals surface area contributed by atoms with Gasteiger partial charge in [0.2, 0.25) is 0 Å². The Balaban J connectivity index is 1.73. The van der Waals surface area contributed by atoms with Crippen molar-refractivity contribution in [2.75, 3.05) is 18.7 Å². The summed E-state index contributed by atoms with van der Waals surface area (Å²) in [4.78, 5) is 13.9. The van der Waals surface area contributed by atoms with Crippen molar-refractivity contribution in [1.29, 1.82) is 0 Å². The predicted molar refractivity (Wildman–Crippen MR) is 129 cm³/mol. The summed E-state index contributed by atoms with van der Waals surface area (Å²) in [5, 5.41) is 2.96. The van der Waals surface area contributed by atoms with Crippen LogP contribution in [0.15, 0.2) is 71.6 Å². The van der Waals surface area contributed by atoms with Crippen LogP contribution in [0, 0.1) is 0 Å². The number of methoxy groups -OCH3 is 1. The Hall–Kier alpha value is -2.92. The SMILES string of the molecule is COc1ccc(C(=O)Nc2cccc(SC)c2)cc1COc1ccc(C(C)(C)C)cc1. The second-order valence-corrected chi connectivity index (χ2v) is 9.16. The number of thioether (sulfide) groups is 1. The van der Waals surface area contributed by atoms with Gasteiger partial charge in [0, 0.05) is 21.7 Å². The molecule has 0 aliphatic heterocycles. The second kappa shape index (κ2) is 9.92. The van der Waals surface area contributed by atoms with Gasteiger partial charge in [-0.05, 0) is 65.8 Å². The van der Waals surface area contributed by atoms with E-state index in [1.54, 1.807) is 31.0 Å². The summed E-state index contributed by atoms with van der Waals surface area (Å²) >= 11 is 1.64. The van der Waals surface area contributed by atoms with Gasteiger partial charge in [-0.1, -0.05) is 39.0 Å². The van der Waals surface area contributed by atoms with Gasteiger partial charge in [-0.25, -0.2) is 0 Å². The number of ether oxygens (including phenoxy) is 2. The summed E-state index contributed by atoms with van der Waals surface area (Å²) in [7, 11) is 1.62. The summed E-state index contributed by atoms with van der Waals surface area (Å²) < 4.78 is 11.4. The first-order valence-electron chi connectivity index (χ1n) is 10.2. The number of hydrogen-bond acceptors (Lipinski definition) is 4. The van der Waals surface area contributed by atoms with Crippen molar-refractivity contribution >= 4 is 23.4 Å². The fourth-order valence-corrected chi connectivity index (χ4v) is 3.61. The Kier molecular flexibility index (Phi) is 7.29. The summed E-state index contributed by atoms with van der Waals surface area (Å²) in [5.74, 6) is 1.29. The molecule has 0 aliphatic rings. The summed E-state index contributed by atoms with van der Waals surface area (Å²) in [5.41, 5.74) is 3.48. The Bertz CT molecular complexity index is 1040. The van der Waals surface area contributed by atoms with E-state index in [9.17, 15) is 4.79 Å². The fourth-order valence-electron chi connectivity index (χ4n) is 3.15. The molecule has 0 unspecified atom stereocenters. The van der Waals surface area contributed by atoms with Crippen LogP contribution in [0.2, 0.25) is 0 Å². The number of rotatable bonds is 7. The first kappa shape index (κ1) is 22.8. The van der Waals surface area contributed by atoms with E-state index in [1.165, 1.54) is 5.56 Å². The van der Waals surface area contributed by atoms with Gasteiger partial charge in [0.05, 0.1) is 7.11 Å². The molecule has 4 nitrogen and oxygen atoms in total. The van der Waals surface area contributed by atoms with E-state index in [0.717, 1.165) is 21.9 Å². The van der Waals surface area contributed by atoms with E-state index < -0.39 is 0 Å². The minimum absolute atomic E-state index is 0.0960. The average Bonchev–Trinajstić information content (AvgIpc) is 2.77. The zero-order valence-corrected chi connectivity index (χ0v) is 19.5. The number of hydrogen-bond donors (Lipinski definition) is 1. The Morgan fingerprint density at radius 2 is 1.74 bits per heavy atom. The first-order valence-corrected chi connectivity index (χ1v) is 11.4. The second-order valence-electron chi connectivity index (χ2n) is 8.28. The number of carbonyl (C=O) groups excluding carboxylic acids is 1. The molecule has 0 radical (unpaired) electrons. The third kappa shape index (κ3) is 6.05. The van der Waals surface area contributed by atoms with Crippen LogP contribution < -0.4 is 14.8 Å². The van der Waals surface area contributed by atoms with E-state index in [0.29, 0.717) is 17.9 Å². The third-order valence-electron chi connectivity index (χ3n) is 4.98. The lowest BCUT2D eigenvalue weighted by atomic mass is 9.87. The minimum atomic E-state index is -0.170. The minimum Gasteiger partial charge on any atom is -0.496 e. The molecule has 3 aromatic rings. The number of carbonyl (C=O) groups is 1.